The van der Waals surface area contributed by atoms with Crippen molar-refractivity contribution < 1.29 is 5.11 Å². The Balaban J connectivity index is 1.34. The number of hydrogen-bond donors (Lipinski definition) is 2. The zero-order chi connectivity index (χ0) is 22.2. The summed E-state index contributed by atoms with van der Waals surface area (Å²) < 4.78 is 1.40. The number of benzene rings is 1. The van der Waals surface area contributed by atoms with Gasteiger partial charge < -0.3 is 15.3 Å². The fraction of sp³-hybridized carbons (Fsp3) is 0.455. The number of aromatic hydroxyl groups is 1. The van der Waals surface area contributed by atoms with Crippen molar-refractivity contribution in [2.75, 3.05) is 11.9 Å². The number of nitrogens with one attached hydrogen (secondary N) is 1. The number of piperidine rings is 2. The van der Waals surface area contributed by atoms with Gasteiger partial charge in [-0.25, -0.2) is 9.67 Å². The van der Waals surface area contributed by atoms with Gasteiger partial charge in [0.25, 0.3) is 0 Å². The first-order chi connectivity index (χ1) is 15.5. The monoisotopic (exact) mass is 431 g/mol. The molecule has 2 fully saturated rings. The molecule has 2 aliphatic rings. The number of hydrogen-bond acceptors (Lipinski definition) is 9. The molecule has 0 radical (unpaired) electrons. The minimum absolute atomic E-state index is 0.00236. The third-order valence-corrected chi connectivity index (χ3v) is 6.51. The maximum Gasteiger partial charge on any atom is 0.231 e. The van der Waals surface area contributed by atoms with Gasteiger partial charge in [-0.1, -0.05) is 12.5 Å². The molecule has 2 bridgehead atoms. The van der Waals surface area contributed by atoms with E-state index in [1.165, 1.54) is 23.9 Å². The number of phenols is 1. The number of nitriles is 1. The lowest BCUT2D eigenvalue weighted by Crippen LogP contribution is -2.54. The Hall–Kier alpha value is -3.58. The SMILES string of the molecule is CN(c1cnc(-c2ccc(-c3nc(C#N)n(C)n3)cc2O)nn1)C1C[C@H]2CCC[C@@H](C1)N2. The first-order valence-corrected chi connectivity index (χ1v) is 10.9. The Morgan fingerprint density at radius 1 is 1.19 bits per heavy atom. The molecule has 2 aliphatic heterocycles. The molecular formula is C22H25N9O. The summed E-state index contributed by atoms with van der Waals surface area (Å²) in [6.07, 6.45) is 7.72. The Bertz CT molecular complexity index is 1160. The molecule has 4 heterocycles. The fourth-order valence-electron chi connectivity index (χ4n) is 4.76. The van der Waals surface area contributed by atoms with E-state index in [4.69, 9.17) is 5.26 Å². The van der Waals surface area contributed by atoms with Crippen LogP contribution in [0.3, 0.4) is 0 Å². The lowest BCUT2D eigenvalue weighted by Gasteiger charge is -2.43. The van der Waals surface area contributed by atoms with Gasteiger partial charge in [-0.15, -0.1) is 10.2 Å². The second-order valence-corrected chi connectivity index (χ2v) is 8.59. The topological polar surface area (TPSA) is 129 Å². The van der Waals surface area contributed by atoms with Crippen molar-refractivity contribution in [3.63, 3.8) is 0 Å². The molecule has 3 aromatic rings. The van der Waals surface area contributed by atoms with Crippen LogP contribution in [0.15, 0.2) is 24.4 Å². The van der Waals surface area contributed by atoms with Crippen molar-refractivity contribution in [2.45, 2.75) is 50.2 Å². The fourth-order valence-corrected chi connectivity index (χ4v) is 4.76. The molecule has 2 N–H and O–H groups in total. The molecule has 0 amide bonds. The van der Waals surface area contributed by atoms with E-state index in [1.54, 1.807) is 31.4 Å². The quantitative estimate of drug-likeness (QED) is 0.637. The van der Waals surface area contributed by atoms with Gasteiger partial charge in [-0.05, 0) is 37.8 Å². The Labute approximate surface area is 185 Å². The van der Waals surface area contributed by atoms with Gasteiger partial charge in [0.1, 0.15) is 11.8 Å². The maximum atomic E-state index is 10.6. The zero-order valence-corrected chi connectivity index (χ0v) is 18.1. The molecule has 1 unspecified atom stereocenters. The van der Waals surface area contributed by atoms with Crippen LogP contribution in [0.1, 0.15) is 37.9 Å². The third kappa shape index (κ3) is 3.76. The second kappa shape index (κ2) is 8.16. The highest BCUT2D eigenvalue weighted by Crippen LogP contribution is 2.32. The largest absolute Gasteiger partial charge is 0.507 e. The van der Waals surface area contributed by atoms with Crippen LogP contribution in [0.2, 0.25) is 0 Å². The van der Waals surface area contributed by atoms with Crippen LogP contribution in [0.25, 0.3) is 22.8 Å². The van der Waals surface area contributed by atoms with Gasteiger partial charge in [0, 0.05) is 37.8 Å². The number of rotatable bonds is 4. The van der Waals surface area contributed by atoms with Crippen LogP contribution in [0.4, 0.5) is 5.82 Å². The van der Waals surface area contributed by atoms with Crippen LogP contribution in [-0.2, 0) is 7.05 Å². The van der Waals surface area contributed by atoms with E-state index in [0.717, 1.165) is 18.7 Å². The van der Waals surface area contributed by atoms with E-state index in [2.05, 4.69) is 42.5 Å². The normalized spacial score (nSPS) is 22.3. The van der Waals surface area contributed by atoms with Crippen molar-refractivity contribution in [1.82, 2.24) is 35.3 Å². The van der Waals surface area contributed by atoms with Crippen LogP contribution < -0.4 is 10.2 Å². The summed E-state index contributed by atoms with van der Waals surface area (Å²) in [6.45, 7) is 0. The second-order valence-electron chi connectivity index (χ2n) is 8.59. The molecule has 0 saturated carbocycles. The standard InChI is InChI=1S/C22H25N9O/c1-30(16-9-14-4-3-5-15(10-16)25-14)20-12-24-22(28-27-20)17-7-6-13(8-18(17)32)21-26-19(11-23)31(2)29-21/h6-8,12,14-16,25,32H,3-5,9-10H2,1-2H3/t14-,15+,16?. The Morgan fingerprint density at radius 2 is 1.97 bits per heavy atom. The van der Waals surface area contributed by atoms with Crippen LogP contribution in [0.5, 0.6) is 5.75 Å². The highest BCUT2D eigenvalue weighted by Gasteiger charge is 2.33. The highest BCUT2D eigenvalue weighted by molar-refractivity contribution is 5.70. The smallest absolute Gasteiger partial charge is 0.231 e. The van der Waals surface area contributed by atoms with Crippen LogP contribution in [-0.4, -0.2) is 60.2 Å². The van der Waals surface area contributed by atoms with E-state index < -0.39 is 0 Å². The summed E-state index contributed by atoms with van der Waals surface area (Å²) in [4.78, 5) is 10.8. The lowest BCUT2D eigenvalue weighted by molar-refractivity contribution is 0.219. The van der Waals surface area contributed by atoms with E-state index in [-0.39, 0.29) is 11.6 Å². The third-order valence-electron chi connectivity index (χ3n) is 6.51. The minimum Gasteiger partial charge on any atom is -0.507 e. The van der Waals surface area contributed by atoms with E-state index >= 15 is 0 Å². The molecule has 10 nitrogen and oxygen atoms in total. The van der Waals surface area contributed by atoms with Gasteiger partial charge in [-0.2, -0.15) is 15.3 Å². The molecule has 2 saturated heterocycles. The predicted octanol–water partition coefficient (Wildman–Crippen LogP) is 2.02. The molecule has 10 heteroatoms. The van der Waals surface area contributed by atoms with Gasteiger partial charge in [-0.3, -0.25) is 0 Å². The number of nitrogens with zero attached hydrogens (tertiary/aromatic N) is 8. The number of anilines is 1. The predicted molar refractivity (Wildman–Crippen MR) is 118 cm³/mol. The van der Waals surface area contributed by atoms with E-state index in [1.807, 2.05) is 6.07 Å². The number of fused-ring (bicyclic) bond motifs is 2. The minimum atomic E-state index is 0.00236. The first-order valence-electron chi connectivity index (χ1n) is 10.9. The summed E-state index contributed by atoms with van der Waals surface area (Å²) in [5.41, 5.74) is 1.08. The van der Waals surface area contributed by atoms with Crippen molar-refractivity contribution >= 4 is 5.82 Å². The summed E-state index contributed by atoms with van der Waals surface area (Å²) in [5, 5.41) is 36.2. The number of phenolic OH excluding ortho intramolecular Hbond substituents is 1. The molecule has 0 spiro atoms. The van der Waals surface area contributed by atoms with Crippen molar-refractivity contribution in [2.24, 2.45) is 7.05 Å². The molecule has 2 aromatic heterocycles. The lowest BCUT2D eigenvalue weighted by atomic mass is 9.83. The van der Waals surface area contributed by atoms with Crippen molar-refractivity contribution in [1.29, 1.82) is 5.26 Å². The summed E-state index contributed by atoms with van der Waals surface area (Å²) >= 11 is 0. The molecule has 3 atom stereocenters. The Kier molecular flexibility index (Phi) is 5.19. The molecule has 164 valence electrons. The molecular weight excluding hydrogens is 406 g/mol. The zero-order valence-electron chi connectivity index (χ0n) is 18.1. The number of aromatic nitrogens is 6. The molecule has 1 aromatic carbocycles. The van der Waals surface area contributed by atoms with Crippen LogP contribution >= 0.6 is 0 Å². The van der Waals surface area contributed by atoms with Gasteiger partial charge >= 0.3 is 0 Å². The Morgan fingerprint density at radius 3 is 2.59 bits per heavy atom. The van der Waals surface area contributed by atoms with E-state index in [9.17, 15) is 5.11 Å². The van der Waals surface area contributed by atoms with Gasteiger partial charge in [0.05, 0.1) is 11.8 Å². The van der Waals surface area contributed by atoms with E-state index in [0.29, 0.717) is 40.9 Å². The van der Waals surface area contributed by atoms with Gasteiger partial charge in [0.2, 0.25) is 5.82 Å². The summed E-state index contributed by atoms with van der Waals surface area (Å²) in [7, 11) is 3.70. The first kappa shape index (κ1) is 20.3. The van der Waals surface area contributed by atoms with Crippen molar-refractivity contribution in [3.05, 3.63) is 30.2 Å². The highest BCUT2D eigenvalue weighted by atomic mass is 16.3. The summed E-state index contributed by atoms with van der Waals surface area (Å²) in [5.74, 6) is 1.65. The maximum absolute atomic E-state index is 10.6. The molecule has 0 aliphatic carbocycles. The van der Waals surface area contributed by atoms with Crippen molar-refractivity contribution in [3.8, 4) is 34.6 Å². The van der Waals surface area contributed by atoms with Crippen LogP contribution in [0, 0.1) is 11.3 Å². The molecule has 5 rings (SSSR count). The average Bonchev–Trinajstić information content (AvgIpc) is 3.19. The number of aryl methyl sites for hydroxylation is 1. The molecule has 32 heavy (non-hydrogen) atoms. The summed E-state index contributed by atoms with van der Waals surface area (Å²) in [6, 6.07) is 8.59. The average molecular weight is 432 g/mol. The van der Waals surface area contributed by atoms with Gasteiger partial charge in [0.15, 0.2) is 17.5 Å².